The van der Waals surface area contributed by atoms with Crippen LogP contribution in [0, 0.1) is 5.92 Å². The summed E-state index contributed by atoms with van der Waals surface area (Å²) < 4.78 is 29.2. The second-order valence-electron chi connectivity index (χ2n) is 5.78. The van der Waals surface area contributed by atoms with Crippen molar-refractivity contribution in [1.82, 2.24) is 14.3 Å². The van der Waals surface area contributed by atoms with Gasteiger partial charge in [-0.1, -0.05) is 19.8 Å². The smallest absolute Gasteiger partial charge is 0.279 e. The second-order valence-corrected chi connectivity index (χ2v) is 7.48. The van der Waals surface area contributed by atoms with Crippen molar-refractivity contribution < 1.29 is 8.42 Å². The van der Waals surface area contributed by atoms with E-state index in [2.05, 4.69) is 17.0 Å². The van der Waals surface area contributed by atoms with Crippen molar-refractivity contribution in [2.75, 3.05) is 26.2 Å². The highest BCUT2D eigenvalue weighted by Crippen LogP contribution is 2.22. The van der Waals surface area contributed by atoms with Gasteiger partial charge in [-0.2, -0.15) is 17.4 Å². The molecular formula is C13H27N3O2S. The fraction of sp³-hybridized carbons (Fsp3) is 1.00. The number of nitrogens with one attached hydrogen (secondary N) is 2. The van der Waals surface area contributed by atoms with Gasteiger partial charge >= 0.3 is 0 Å². The van der Waals surface area contributed by atoms with Crippen molar-refractivity contribution >= 4 is 10.2 Å². The zero-order valence-electron chi connectivity index (χ0n) is 11.9. The summed E-state index contributed by atoms with van der Waals surface area (Å²) >= 11 is 0. The summed E-state index contributed by atoms with van der Waals surface area (Å²) in [6.45, 7) is 5.29. The van der Waals surface area contributed by atoms with Crippen LogP contribution in [0.15, 0.2) is 0 Å². The van der Waals surface area contributed by atoms with Crippen LogP contribution >= 0.6 is 0 Å². The van der Waals surface area contributed by atoms with Crippen LogP contribution in [0.25, 0.3) is 0 Å². The van der Waals surface area contributed by atoms with Crippen molar-refractivity contribution in [2.45, 2.75) is 51.5 Å². The number of hydrogen-bond acceptors (Lipinski definition) is 3. The highest BCUT2D eigenvalue weighted by atomic mass is 32.2. The van der Waals surface area contributed by atoms with E-state index in [-0.39, 0.29) is 6.04 Å². The minimum Gasteiger partial charge on any atom is -0.317 e. The third kappa shape index (κ3) is 4.41. The first kappa shape index (κ1) is 15.2. The molecule has 1 saturated carbocycles. The summed E-state index contributed by atoms with van der Waals surface area (Å²) in [7, 11) is -3.27. The van der Waals surface area contributed by atoms with E-state index in [9.17, 15) is 8.42 Å². The van der Waals surface area contributed by atoms with Gasteiger partial charge < -0.3 is 5.32 Å². The first-order valence-electron chi connectivity index (χ1n) is 7.60. The molecule has 0 bridgehead atoms. The van der Waals surface area contributed by atoms with Crippen molar-refractivity contribution in [3.8, 4) is 0 Å². The third-order valence-electron chi connectivity index (χ3n) is 4.18. The van der Waals surface area contributed by atoms with E-state index in [0.717, 1.165) is 51.6 Å². The molecule has 19 heavy (non-hydrogen) atoms. The first-order chi connectivity index (χ1) is 9.12. The van der Waals surface area contributed by atoms with Gasteiger partial charge in [-0.3, -0.25) is 0 Å². The zero-order chi connectivity index (χ0) is 13.7. The molecule has 1 saturated heterocycles. The molecule has 0 spiro atoms. The Kier molecular flexibility index (Phi) is 5.62. The van der Waals surface area contributed by atoms with Gasteiger partial charge in [-0.25, -0.2) is 0 Å². The minimum atomic E-state index is -3.27. The standard InChI is InChI=1S/C13H27N3O2S/c1-2-14-10-12-6-5-9-16(11-12)19(17,18)15-13-7-3-4-8-13/h12-15H,2-11H2,1H3. The van der Waals surface area contributed by atoms with Gasteiger partial charge in [0.25, 0.3) is 10.2 Å². The summed E-state index contributed by atoms with van der Waals surface area (Å²) in [5.41, 5.74) is 0. The fourth-order valence-corrected chi connectivity index (χ4v) is 4.67. The third-order valence-corrected chi connectivity index (χ3v) is 5.82. The van der Waals surface area contributed by atoms with Crippen molar-refractivity contribution in [3.63, 3.8) is 0 Å². The molecule has 1 aliphatic carbocycles. The summed E-state index contributed by atoms with van der Waals surface area (Å²) in [5.74, 6) is 0.453. The lowest BCUT2D eigenvalue weighted by molar-refractivity contribution is 0.257. The Morgan fingerprint density at radius 1 is 1.16 bits per heavy atom. The van der Waals surface area contributed by atoms with E-state index >= 15 is 0 Å². The highest BCUT2D eigenvalue weighted by Gasteiger charge is 2.31. The highest BCUT2D eigenvalue weighted by molar-refractivity contribution is 7.87. The molecule has 0 amide bonds. The Bertz CT molecular complexity index is 366. The number of piperidine rings is 1. The lowest BCUT2D eigenvalue weighted by Gasteiger charge is -2.32. The van der Waals surface area contributed by atoms with Crippen LogP contribution in [0.3, 0.4) is 0 Å². The summed E-state index contributed by atoms with van der Waals surface area (Å²) in [6.07, 6.45) is 6.39. The van der Waals surface area contributed by atoms with Crippen LogP contribution in [0.5, 0.6) is 0 Å². The van der Waals surface area contributed by atoms with Gasteiger partial charge in [0.1, 0.15) is 0 Å². The van der Waals surface area contributed by atoms with Gasteiger partial charge in [0.15, 0.2) is 0 Å². The molecule has 112 valence electrons. The monoisotopic (exact) mass is 289 g/mol. The Balaban J connectivity index is 1.87. The van der Waals surface area contributed by atoms with E-state index in [4.69, 9.17) is 0 Å². The van der Waals surface area contributed by atoms with E-state index in [1.807, 2.05) is 0 Å². The predicted molar refractivity (Wildman–Crippen MR) is 77.2 cm³/mol. The van der Waals surface area contributed by atoms with Crippen LogP contribution in [0.2, 0.25) is 0 Å². The predicted octanol–water partition coefficient (Wildman–Crippen LogP) is 1.08. The van der Waals surface area contributed by atoms with Gasteiger partial charge in [0, 0.05) is 19.1 Å². The minimum absolute atomic E-state index is 0.166. The van der Waals surface area contributed by atoms with Gasteiger partial charge in [0.2, 0.25) is 0 Å². The van der Waals surface area contributed by atoms with E-state index < -0.39 is 10.2 Å². The quantitative estimate of drug-likeness (QED) is 0.769. The maximum absolute atomic E-state index is 12.4. The Morgan fingerprint density at radius 3 is 2.58 bits per heavy atom. The molecule has 6 heteroatoms. The molecule has 2 rings (SSSR count). The number of rotatable bonds is 6. The first-order valence-corrected chi connectivity index (χ1v) is 9.04. The number of nitrogens with zero attached hydrogens (tertiary/aromatic N) is 1. The SMILES string of the molecule is CCNCC1CCCN(S(=O)(=O)NC2CCCC2)C1. The van der Waals surface area contributed by atoms with E-state index in [1.165, 1.54) is 0 Å². The largest absolute Gasteiger partial charge is 0.317 e. The molecule has 2 fully saturated rings. The van der Waals surface area contributed by atoms with Crippen molar-refractivity contribution in [3.05, 3.63) is 0 Å². The van der Waals surface area contributed by atoms with Gasteiger partial charge in [-0.15, -0.1) is 0 Å². The molecule has 1 atom stereocenters. The average molecular weight is 289 g/mol. The molecule has 0 aromatic heterocycles. The van der Waals surface area contributed by atoms with Gasteiger partial charge in [0.05, 0.1) is 0 Å². The van der Waals surface area contributed by atoms with Crippen LogP contribution in [0.1, 0.15) is 45.4 Å². The number of hydrogen-bond donors (Lipinski definition) is 2. The van der Waals surface area contributed by atoms with Crippen LogP contribution < -0.4 is 10.0 Å². The molecule has 2 aliphatic rings. The summed E-state index contributed by atoms with van der Waals surface area (Å²) in [4.78, 5) is 0. The molecule has 0 aromatic carbocycles. The van der Waals surface area contributed by atoms with E-state index in [0.29, 0.717) is 19.0 Å². The van der Waals surface area contributed by atoms with Crippen molar-refractivity contribution in [1.29, 1.82) is 0 Å². The second kappa shape index (κ2) is 7.02. The molecule has 1 unspecified atom stereocenters. The fourth-order valence-electron chi connectivity index (χ4n) is 3.09. The maximum atomic E-state index is 12.4. The Morgan fingerprint density at radius 2 is 1.89 bits per heavy atom. The zero-order valence-corrected chi connectivity index (χ0v) is 12.7. The Hall–Kier alpha value is -0.170. The molecule has 0 aromatic rings. The molecule has 1 aliphatic heterocycles. The lowest BCUT2D eigenvalue weighted by Crippen LogP contribution is -2.49. The molecule has 1 heterocycles. The van der Waals surface area contributed by atoms with Crippen LogP contribution in [-0.2, 0) is 10.2 Å². The van der Waals surface area contributed by atoms with Crippen molar-refractivity contribution in [2.24, 2.45) is 5.92 Å². The molecular weight excluding hydrogens is 262 g/mol. The van der Waals surface area contributed by atoms with E-state index in [1.54, 1.807) is 4.31 Å². The normalized spacial score (nSPS) is 26.9. The van der Waals surface area contributed by atoms with Crippen LogP contribution in [-0.4, -0.2) is 44.9 Å². The topological polar surface area (TPSA) is 61.4 Å². The lowest BCUT2D eigenvalue weighted by atomic mass is 10.00. The molecule has 2 N–H and O–H groups in total. The molecule has 0 radical (unpaired) electrons. The molecule has 5 nitrogen and oxygen atoms in total. The van der Waals surface area contributed by atoms with Crippen LogP contribution in [0.4, 0.5) is 0 Å². The van der Waals surface area contributed by atoms with Gasteiger partial charge in [-0.05, 0) is 44.7 Å². The summed E-state index contributed by atoms with van der Waals surface area (Å²) in [5, 5.41) is 3.32. The Labute approximate surface area is 117 Å². The average Bonchev–Trinajstić information content (AvgIpc) is 2.89. The maximum Gasteiger partial charge on any atom is 0.279 e. The summed E-state index contributed by atoms with van der Waals surface area (Å²) in [6, 6.07) is 0.166.